The van der Waals surface area contributed by atoms with Crippen LogP contribution in [0.5, 0.6) is 17.2 Å². The van der Waals surface area contributed by atoms with Gasteiger partial charge in [-0.1, -0.05) is 6.42 Å². The number of aliphatic hydroxyl groups is 6. The first-order valence-electron chi connectivity index (χ1n) is 18.7. The first-order chi connectivity index (χ1) is 27.8. The van der Waals surface area contributed by atoms with Gasteiger partial charge in [-0.3, -0.25) is 9.69 Å². The number of hydrogen-bond donors (Lipinski definition) is 8. The summed E-state index contributed by atoms with van der Waals surface area (Å²) in [6.45, 7) is 3.40. The molecule has 3 fully saturated rings. The third kappa shape index (κ3) is 8.67. The van der Waals surface area contributed by atoms with E-state index >= 15 is 0 Å². The molecule has 3 aliphatic rings. The number of likely N-dealkylation sites (tertiary alicyclic amines) is 1. The number of benzene rings is 3. The van der Waals surface area contributed by atoms with Crippen molar-refractivity contribution in [1.82, 2.24) is 4.90 Å². The fraction of sp³-hybridized carbons (Fsp3) is 0.425. The van der Waals surface area contributed by atoms with E-state index < -0.39 is 73.4 Å². The first kappa shape index (κ1) is 41.4. The van der Waals surface area contributed by atoms with Gasteiger partial charge in [-0.25, -0.2) is 9.59 Å². The van der Waals surface area contributed by atoms with Crippen molar-refractivity contribution in [3.8, 4) is 27.7 Å². The van der Waals surface area contributed by atoms with E-state index in [-0.39, 0.29) is 17.3 Å². The van der Waals surface area contributed by atoms with Crippen molar-refractivity contribution in [3.63, 3.8) is 0 Å². The lowest BCUT2D eigenvalue weighted by Crippen LogP contribution is -2.61. The van der Waals surface area contributed by atoms with Crippen LogP contribution in [-0.2, 0) is 19.1 Å². The highest BCUT2D eigenvalue weighted by Crippen LogP contribution is 2.42. The normalized spacial score (nSPS) is 29.1. The Morgan fingerprint density at radius 3 is 1.76 bits per heavy atom. The molecule has 17 nitrogen and oxygen atoms in total. The molecular weight excluding hydrogens is 782 g/mol. The van der Waals surface area contributed by atoms with Crippen LogP contribution >= 0.6 is 11.3 Å². The standard InChI is InChI=1S/C40H43NO16S/c42-27(19-4-8-21(9-5-19)53-17-16-41-14-2-1-3-15-41)26-24-13-12-23(55-40-33(48)29(44)31(46)35(57-40)38(51)52)18-25(24)58-36(26)20-6-10-22(11-7-20)54-39-32(47)28(43)30(45)34(56-39)37(49)50/h4-13,18,28-35,39-40,43-48H,1-3,14-17H2,(H,49,50)(H,51,52)/t28-,29-,30-,31-,32+,33+,34-,35-,39+,40+/m0/s1. The molecular formula is C40H43NO16S. The molecule has 3 aromatic carbocycles. The molecule has 3 saturated heterocycles. The van der Waals surface area contributed by atoms with E-state index in [1.165, 1.54) is 48.8 Å². The van der Waals surface area contributed by atoms with E-state index in [0.717, 1.165) is 19.6 Å². The van der Waals surface area contributed by atoms with Crippen LogP contribution in [0.15, 0.2) is 66.7 Å². The summed E-state index contributed by atoms with van der Waals surface area (Å²) in [7, 11) is 0. The second-order valence-electron chi connectivity index (χ2n) is 14.3. The third-order valence-electron chi connectivity index (χ3n) is 10.4. The van der Waals surface area contributed by atoms with Gasteiger partial charge in [0, 0.05) is 32.6 Å². The van der Waals surface area contributed by atoms with E-state index in [9.17, 15) is 55.2 Å². The number of hydrogen-bond acceptors (Lipinski definition) is 16. The lowest BCUT2D eigenvalue weighted by atomic mass is 9.97. The maximum atomic E-state index is 14.4. The lowest BCUT2D eigenvalue weighted by molar-refractivity contribution is -0.271. The second-order valence-corrected chi connectivity index (χ2v) is 15.4. The Kier molecular flexibility index (Phi) is 12.6. The number of carboxylic acid groups (broad SMARTS) is 2. The maximum absolute atomic E-state index is 14.4. The molecule has 0 aliphatic carbocycles. The highest BCUT2D eigenvalue weighted by Gasteiger charge is 2.49. The van der Waals surface area contributed by atoms with Crippen LogP contribution in [0.25, 0.3) is 20.5 Å². The number of nitrogens with zero attached hydrogens (tertiary/aromatic N) is 1. The van der Waals surface area contributed by atoms with Gasteiger partial charge < -0.3 is 64.5 Å². The molecule has 0 spiro atoms. The quantitative estimate of drug-likeness (QED) is 0.0881. The summed E-state index contributed by atoms with van der Waals surface area (Å²) in [5.74, 6) is -2.63. The van der Waals surface area contributed by atoms with Crippen molar-refractivity contribution in [2.75, 3.05) is 26.2 Å². The smallest absolute Gasteiger partial charge is 0.335 e. The molecule has 0 unspecified atom stereocenters. The Labute approximate surface area is 334 Å². The average Bonchev–Trinajstić information content (AvgIpc) is 3.60. The number of piperidine rings is 1. The van der Waals surface area contributed by atoms with Crippen molar-refractivity contribution < 1.29 is 78.9 Å². The van der Waals surface area contributed by atoms with Crippen LogP contribution < -0.4 is 14.2 Å². The summed E-state index contributed by atoms with van der Waals surface area (Å²) >= 11 is 1.21. The Hall–Kier alpha value is -4.73. The maximum Gasteiger partial charge on any atom is 0.335 e. The lowest BCUT2D eigenvalue weighted by Gasteiger charge is -2.38. The van der Waals surface area contributed by atoms with Gasteiger partial charge in [-0.15, -0.1) is 11.3 Å². The van der Waals surface area contributed by atoms with Crippen molar-refractivity contribution in [1.29, 1.82) is 0 Å². The number of ketones is 1. The first-order valence-corrected chi connectivity index (χ1v) is 19.5. The molecule has 0 amide bonds. The molecule has 0 bridgehead atoms. The minimum atomic E-state index is -1.90. The van der Waals surface area contributed by atoms with Crippen molar-refractivity contribution in [2.45, 2.75) is 80.7 Å². The van der Waals surface area contributed by atoms with E-state index in [1.54, 1.807) is 48.5 Å². The van der Waals surface area contributed by atoms with Crippen molar-refractivity contribution in [3.05, 3.63) is 77.9 Å². The minimum absolute atomic E-state index is 0.101. The number of carbonyl (C=O) groups is 3. The van der Waals surface area contributed by atoms with Gasteiger partial charge >= 0.3 is 11.9 Å². The zero-order valence-corrected chi connectivity index (χ0v) is 31.6. The summed E-state index contributed by atoms with van der Waals surface area (Å²) in [4.78, 5) is 40.4. The number of carbonyl (C=O) groups excluding carboxylic acids is 1. The van der Waals surface area contributed by atoms with Gasteiger partial charge in [-0.2, -0.15) is 0 Å². The van der Waals surface area contributed by atoms with Gasteiger partial charge in [0.05, 0.1) is 0 Å². The molecule has 310 valence electrons. The van der Waals surface area contributed by atoms with E-state index in [4.69, 9.17) is 23.7 Å². The number of carboxylic acids is 2. The Morgan fingerprint density at radius 2 is 1.19 bits per heavy atom. The SMILES string of the molecule is O=C(c1ccc(OCCN2CCCCC2)cc1)c1c(-c2ccc(O[C@@H]3O[C@H](C(=O)O)[C@@H](O)[C@H](O)[C@H]3O)cc2)sc2cc(O[C@@H]3O[C@H](C(=O)O)[C@@H](O)[C@H](O)[C@H]3O)ccc12. The summed E-state index contributed by atoms with van der Waals surface area (Å²) < 4.78 is 28.5. The third-order valence-corrected chi connectivity index (χ3v) is 11.6. The molecule has 8 N–H and O–H groups in total. The molecule has 3 aliphatic heterocycles. The zero-order chi connectivity index (χ0) is 41.2. The topological polar surface area (TPSA) is 262 Å². The predicted octanol–water partition coefficient (Wildman–Crippen LogP) is 1.21. The molecule has 10 atom stereocenters. The van der Waals surface area contributed by atoms with Gasteiger partial charge in [0.2, 0.25) is 12.6 Å². The average molecular weight is 826 g/mol. The fourth-order valence-corrected chi connectivity index (χ4v) is 8.39. The highest BCUT2D eigenvalue weighted by molar-refractivity contribution is 7.22. The summed E-state index contributed by atoms with van der Waals surface area (Å²) in [6.07, 6.45) is -14.5. The van der Waals surface area contributed by atoms with Gasteiger partial charge in [0.15, 0.2) is 18.0 Å². The van der Waals surface area contributed by atoms with Crippen LogP contribution in [-0.4, -0.2) is 151 Å². The second kappa shape index (κ2) is 17.6. The van der Waals surface area contributed by atoms with Gasteiger partial charge in [0.25, 0.3) is 0 Å². The highest BCUT2D eigenvalue weighted by atomic mass is 32.1. The number of fused-ring (bicyclic) bond motifs is 1. The Morgan fingerprint density at radius 1 is 0.655 bits per heavy atom. The van der Waals surface area contributed by atoms with E-state index in [0.29, 0.717) is 44.0 Å². The largest absolute Gasteiger partial charge is 0.492 e. The zero-order valence-electron chi connectivity index (χ0n) is 30.8. The van der Waals surface area contributed by atoms with Gasteiger partial charge in [-0.05, 0) is 98.2 Å². The number of aliphatic carboxylic acids is 2. The Bertz CT molecular complexity index is 2090. The van der Waals surface area contributed by atoms with Crippen LogP contribution in [0.2, 0.25) is 0 Å². The number of aliphatic hydroxyl groups excluding tert-OH is 6. The van der Waals surface area contributed by atoms with Crippen LogP contribution in [0.1, 0.15) is 35.2 Å². The molecule has 1 aromatic heterocycles. The van der Waals surface area contributed by atoms with Crippen molar-refractivity contribution >= 4 is 39.1 Å². The monoisotopic (exact) mass is 825 g/mol. The van der Waals surface area contributed by atoms with Crippen LogP contribution in [0.4, 0.5) is 0 Å². The van der Waals surface area contributed by atoms with E-state index in [1.807, 2.05) is 0 Å². The predicted molar refractivity (Wildman–Crippen MR) is 203 cm³/mol. The summed E-state index contributed by atoms with van der Waals surface area (Å²) in [6, 6.07) is 17.7. The van der Waals surface area contributed by atoms with Gasteiger partial charge in [0.1, 0.15) is 60.5 Å². The summed E-state index contributed by atoms with van der Waals surface area (Å²) in [5, 5.41) is 80.9. The number of ether oxygens (including phenoxy) is 5. The molecule has 18 heteroatoms. The summed E-state index contributed by atoms with van der Waals surface area (Å²) in [5.41, 5.74) is 1.24. The molecule has 7 rings (SSSR count). The molecule has 58 heavy (non-hydrogen) atoms. The van der Waals surface area contributed by atoms with E-state index in [2.05, 4.69) is 4.90 Å². The van der Waals surface area contributed by atoms with Crippen LogP contribution in [0.3, 0.4) is 0 Å². The van der Waals surface area contributed by atoms with Crippen molar-refractivity contribution in [2.24, 2.45) is 0 Å². The minimum Gasteiger partial charge on any atom is -0.492 e. The Balaban J connectivity index is 1.16. The van der Waals surface area contributed by atoms with Crippen LogP contribution in [0, 0.1) is 0 Å². The molecule has 4 heterocycles. The molecule has 4 aromatic rings. The number of rotatable bonds is 13. The number of thiophene rings is 1. The molecule has 0 radical (unpaired) electrons. The fourth-order valence-electron chi connectivity index (χ4n) is 7.15. The molecule has 0 saturated carbocycles.